The number of fused-ring (bicyclic) bond motifs is 6. The van der Waals surface area contributed by atoms with Crippen molar-refractivity contribution in [3.63, 3.8) is 0 Å². The van der Waals surface area contributed by atoms with E-state index in [1.54, 1.807) is 54.2 Å². The first-order valence-electron chi connectivity index (χ1n) is 47.3. The molecule has 9 saturated carbocycles. The maximum Gasteiger partial charge on any atom is 0.335 e. The Morgan fingerprint density at radius 1 is 0.395 bits per heavy atom. The fraction of sp³-hybridized carbons (Fsp3) is 0.592. The number of likely N-dealkylation sites (N-methyl/N-ethyl adjacent to an activating group) is 2. The maximum absolute atomic E-state index is 14.0. The lowest BCUT2D eigenvalue weighted by Gasteiger charge is -2.62. The Bertz CT molecular complexity index is 4780. The van der Waals surface area contributed by atoms with Crippen LogP contribution in [0.5, 0.6) is 0 Å². The van der Waals surface area contributed by atoms with Gasteiger partial charge in [-0.3, -0.25) is 38.5 Å². The van der Waals surface area contributed by atoms with Crippen molar-refractivity contribution >= 4 is 35.5 Å². The van der Waals surface area contributed by atoms with E-state index in [4.69, 9.17) is 14.5 Å². The van der Waals surface area contributed by atoms with Gasteiger partial charge in [0.2, 0.25) is 17.7 Å². The summed E-state index contributed by atoms with van der Waals surface area (Å²) in [6.45, 7) is 29.4. The van der Waals surface area contributed by atoms with Crippen LogP contribution in [-0.4, -0.2) is 241 Å². The summed E-state index contributed by atoms with van der Waals surface area (Å²) in [4.78, 5) is 102. The lowest BCUT2D eigenvalue weighted by molar-refractivity contribution is -0.183. The van der Waals surface area contributed by atoms with Crippen LogP contribution in [0.25, 0.3) is 33.4 Å². The molecule has 5 amide bonds. The van der Waals surface area contributed by atoms with Crippen molar-refractivity contribution in [3.05, 3.63) is 179 Å². The summed E-state index contributed by atoms with van der Waals surface area (Å²) in [5.41, 5.74) is 10.5. The van der Waals surface area contributed by atoms with E-state index in [0.29, 0.717) is 93.7 Å². The van der Waals surface area contributed by atoms with Crippen LogP contribution >= 0.6 is 0 Å². The standard InChI is InChI=1S/2C36H50N4O5.C31H40N2O6/c2*1-21-29-16-27(36(29,3)4)17-30(21)38-35(44)33-32(22(2)42)31(20-41)45-40(33)18-23-8-6-9-24(14-23)25-10-7-11-26(15-25)34(43)37-28-12-13-39(5)19-28;1-17-24-13-23(31(24,3)4)14-25(17)32-29(36)28-27(18(2)35)26(16-34)39-33(28)15-19-7-5-8-20(11-19)21-9-6-10-22(12-21)30(37)38/h2*6-11,14-15,21-22,27-33,41-42H,12-13,16-20H2,1-5H3,(H,37,43)(H,38,44);5-12,17-18,23-28,34-35H,13-16H2,1-4H3,(H,32,36)(H,37,38)/t2*21-,22-,27+,28+,29-,30-,31-,32+,33-;17-,18-,23+,24-,25-,26-,27+,28-/m000/s1. The number of carboxylic acids is 1. The first kappa shape index (κ1) is 95.2. The van der Waals surface area contributed by atoms with Gasteiger partial charge in [-0.1, -0.05) is 153 Å². The normalized spacial score (nSPS) is 33.1. The molecule has 698 valence electrons. The predicted octanol–water partition coefficient (Wildman–Crippen LogP) is 10.6. The van der Waals surface area contributed by atoms with Gasteiger partial charge in [0, 0.05) is 72.2 Å². The minimum absolute atomic E-state index is 0.0695. The Labute approximate surface area is 760 Å². The van der Waals surface area contributed by atoms with Gasteiger partial charge in [0.1, 0.15) is 36.4 Å². The van der Waals surface area contributed by atoms with Crippen LogP contribution in [-0.2, 0) is 48.5 Å². The molecule has 6 aromatic rings. The average molecular weight is 1770 g/mol. The van der Waals surface area contributed by atoms with Crippen molar-refractivity contribution < 1.29 is 79.0 Å². The predicted molar refractivity (Wildman–Crippen MR) is 492 cm³/mol. The van der Waals surface area contributed by atoms with Crippen LogP contribution in [0, 0.1) is 87.3 Å². The molecular weight excluding hydrogens is 1630 g/mol. The smallest absolute Gasteiger partial charge is 0.335 e. The highest BCUT2D eigenvalue weighted by atomic mass is 16.7. The second-order valence-electron chi connectivity index (χ2n) is 41.8. The molecule has 26 heteroatoms. The van der Waals surface area contributed by atoms with E-state index in [0.717, 1.165) is 108 Å². The number of nitrogens with one attached hydrogen (secondary N) is 5. The Kier molecular flexibility index (Phi) is 29.1. The zero-order chi connectivity index (χ0) is 92.1. The number of hydrogen-bond acceptors (Lipinski definition) is 20. The molecule has 5 aliphatic heterocycles. The number of carboxylic acid groups (broad SMARTS) is 1. The van der Waals surface area contributed by atoms with Gasteiger partial charge in [0.25, 0.3) is 11.8 Å². The zero-order valence-corrected chi connectivity index (χ0v) is 77.6. The summed E-state index contributed by atoms with van der Waals surface area (Å²) >= 11 is 0. The molecule has 129 heavy (non-hydrogen) atoms. The fourth-order valence-electron chi connectivity index (χ4n) is 24.7. The number of amides is 5. The molecular formula is C103H140N10O16. The van der Waals surface area contributed by atoms with Crippen molar-refractivity contribution in [2.45, 2.75) is 239 Å². The summed E-state index contributed by atoms with van der Waals surface area (Å²) < 4.78 is 0. The summed E-state index contributed by atoms with van der Waals surface area (Å²) in [5.74, 6) is 1.33. The monoisotopic (exact) mass is 1770 g/mol. The van der Waals surface area contributed by atoms with E-state index >= 15 is 0 Å². The number of carbonyl (C=O) groups excluding carboxylic acids is 5. The van der Waals surface area contributed by atoms with Gasteiger partial charge in [-0.2, -0.15) is 15.2 Å². The van der Waals surface area contributed by atoms with E-state index in [-0.39, 0.29) is 91.7 Å². The molecule has 26 nitrogen and oxygen atoms in total. The number of hydroxylamine groups is 6. The number of aliphatic hydroxyl groups excluding tert-OH is 6. The van der Waals surface area contributed by atoms with Gasteiger partial charge in [0.15, 0.2) is 0 Å². The summed E-state index contributed by atoms with van der Waals surface area (Å²) in [6.07, 6.45) is 3.83. The molecule has 0 aromatic heterocycles. The molecule has 14 aliphatic rings. The molecule has 0 radical (unpaired) electrons. The van der Waals surface area contributed by atoms with Crippen LogP contribution in [0.2, 0.25) is 0 Å². The number of aliphatic hydroxyl groups is 6. The van der Waals surface area contributed by atoms with Gasteiger partial charge >= 0.3 is 5.97 Å². The minimum atomic E-state index is -0.986. The van der Waals surface area contributed by atoms with E-state index < -0.39 is 78.5 Å². The topological polar surface area (TPSA) is 348 Å². The Morgan fingerprint density at radius 3 is 0.915 bits per heavy atom. The van der Waals surface area contributed by atoms with Crippen LogP contribution in [0.15, 0.2) is 146 Å². The fourth-order valence-corrected chi connectivity index (χ4v) is 24.7. The second kappa shape index (κ2) is 39.4. The Hall–Kier alpha value is -8.42. The highest BCUT2D eigenvalue weighted by molar-refractivity contribution is 5.97. The van der Waals surface area contributed by atoms with E-state index in [2.05, 4.69) is 113 Å². The molecule has 26 atom stereocenters. The van der Waals surface area contributed by atoms with Crippen LogP contribution in [0.1, 0.15) is 182 Å². The number of rotatable bonds is 26. The molecule has 5 saturated heterocycles. The SMILES string of the molecule is C[C@@H]1[C@@H](NC(=O)[C@@H]2[C@H]([C@H](C)O)[C@H](CO)ON2Cc2cccc(-c3cccc(C(=O)N[C@@H]4CCN(C)C4)c3)c2)C[C@H]2C[C@@H]1C2(C)C.C[C@@H]1[C@@H](NC(=O)[C@@H]2[C@H]([C@H](C)O)[C@H](CO)ON2Cc2cccc(-c3cccc(C(=O)N[C@@H]4CCN(C)C4)c3)c2)C[C@H]2C[C@@H]1C2(C)C.C[C@@H]1[C@@H](NC(=O)[C@@H]2[C@H]([C@H](C)O)[C@H](CO)ON2Cc2cccc(-c3cccc(C(=O)O)c3)c2)C[C@H]2C[C@@H]1C2(C)C. The minimum Gasteiger partial charge on any atom is -0.478 e. The van der Waals surface area contributed by atoms with E-state index in [1.165, 1.54) is 19.3 Å². The lowest BCUT2D eigenvalue weighted by Crippen LogP contribution is -2.62. The number of aromatic carboxylic acids is 1. The zero-order valence-electron chi connectivity index (χ0n) is 77.6. The number of likely N-dealkylation sites (tertiary alicyclic amines) is 2. The lowest BCUT2D eigenvalue weighted by atomic mass is 9.45. The highest BCUT2D eigenvalue weighted by Gasteiger charge is 2.61. The Balaban J connectivity index is 0.000000149. The van der Waals surface area contributed by atoms with Crippen LogP contribution < -0.4 is 26.6 Å². The number of carbonyl (C=O) groups is 6. The molecule has 0 spiro atoms. The summed E-state index contributed by atoms with van der Waals surface area (Å²) in [5, 5.41) is 93.1. The van der Waals surface area contributed by atoms with Gasteiger partial charge in [0.05, 0.1) is 63.3 Å². The first-order chi connectivity index (χ1) is 61.4. The molecule has 5 heterocycles. The van der Waals surface area contributed by atoms with E-state index in [1.807, 2.05) is 127 Å². The largest absolute Gasteiger partial charge is 0.478 e. The molecule has 20 rings (SSSR count). The van der Waals surface area contributed by atoms with Gasteiger partial charge in [-0.25, -0.2) is 4.79 Å². The van der Waals surface area contributed by atoms with Crippen molar-refractivity contribution in [1.29, 1.82) is 0 Å². The summed E-state index contributed by atoms with van der Waals surface area (Å²) in [6, 6.07) is 44.0. The third-order valence-electron chi connectivity index (χ3n) is 32.8. The third kappa shape index (κ3) is 20.0. The molecule has 9 aliphatic carbocycles. The van der Waals surface area contributed by atoms with Crippen molar-refractivity contribution in [1.82, 2.24) is 51.6 Å². The number of benzene rings is 6. The first-order valence-corrected chi connectivity index (χ1v) is 47.3. The van der Waals surface area contributed by atoms with Gasteiger partial charge in [-0.05, 0) is 273 Å². The van der Waals surface area contributed by atoms with Crippen molar-refractivity contribution in [3.8, 4) is 33.4 Å². The average Bonchev–Trinajstić information content (AvgIpc) is 1.10. The van der Waals surface area contributed by atoms with Gasteiger partial charge in [-0.15, -0.1) is 0 Å². The van der Waals surface area contributed by atoms with Crippen molar-refractivity contribution in [2.75, 3.05) is 60.1 Å². The highest BCUT2D eigenvalue weighted by Crippen LogP contribution is 2.64. The molecule has 12 N–H and O–H groups in total. The third-order valence-corrected chi connectivity index (χ3v) is 32.8. The van der Waals surface area contributed by atoms with E-state index in [9.17, 15) is 64.5 Å². The second-order valence-corrected chi connectivity index (χ2v) is 41.8. The maximum atomic E-state index is 14.0. The molecule has 6 aromatic carbocycles. The summed E-state index contributed by atoms with van der Waals surface area (Å²) in [7, 11) is 4.13. The number of nitrogens with zero attached hydrogens (tertiary/aromatic N) is 5. The van der Waals surface area contributed by atoms with Crippen LogP contribution in [0.4, 0.5) is 0 Å². The molecule has 14 fully saturated rings. The Morgan fingerprint density at radius 2 is 0.667 bits per heavy atom. The van der Waals surface area contributed by atoms with Gasteiger partial charge < -0.3 is 72.1 Å². The molecule has 0 unspecified atom stereocenters. The molecule has 6 bridgehead atoms. The number of hydrogen-bond donors (Lipinski definition) is 12. The van der Waals surface area contributed by atoms with Crippen molar-refractivity contribution in [2.24, 2.45) is 87.3 Å². The quantitative estimate of drug-likeness (QED) is 0.0240. The van der Waals surface area contributed by atoms with Crippen LogP contribution in [0.3, 0.4) is 0 Å².